The Labute approximate surface area is 203 Å². The van der Waals surface area contributed by atoms with Gasteiger partial charge in [0.05, 0.1) is 18.0 Å². The fourth-order valence-corrected chi connectivity index (χ4v) is 5.73. The summed E-state index contributed by atoms with van der Waals surface area (Å²) >= 11 is 1.33. The Bertz CT molecular complexity index is 1450. The molecule has 10 heteroatoms. The second-order valence-electron chi connectivity index (χ2n) is 8.55. The SMILES string of the molecule is CN1C(=O)C2CN(C(=O)c3cccc(F)c3)C[C@]2(c2cc(-c3ccc(C#N)c(F)c3)cs2)N=C1N. The summed E-state index contributed by atoms with van der Waals surface area (Å²) in [5.74, 6) is -2.50. The number of nitriles is 1. The number of halogens is 2. The van der Waals surface area contributed by atoms with Crippen LogP contribution in [0.3, 0.4) is 0 Å². The lowest BCUT2D eigenvalue weighted by Gasteiger charge is -2.36. The number of nitrogens with two attached hydrogens (primary N) is 1. The smallest absolute Gasteiger partial charge is 0.254 e. The van der Waals surface area contributed by atoms with E-state index in [1.54, 1.807) is 12.1 Å². The van der Waals surface area contributed by atoms with Gasteiger partial charge >= 0.3 is 0 Å². The number of fused-ring (bicyclic) bond motifs is 1. The lowest BCUT2D eigenvalue weighted by Crippen LogP contribution is -2.54. The highest BCUT2D eigenvalue weighted by molar-refractivity contribution is 7.10. The van der Waals surface area contributed by atoms with Gasteiger partial charge < -0.3 is 10.6 Å². The Hall–Kier alpha value is -4.10. The number of hydrogen-bond acceptors (Lipinski definition) is 6. The molecule has 1 saturated heterocycles. The summed E-state index contributed by atoms with van der Waals surface area (Å²) in [6.45, 7) is 0.170. The number of carbonyl (C=O) groups is 2. The summed E-state index contributed by atoms with van der Waals surface area (Å²) in [7, 11) is 1.53. The minimum Gasteiger partial charge on any atom is -0.369 e. The zero-order valence-corrected chi connectivity index (χ0v) is 19.4. The molecule has 0 radical (unpaired) electrons. The average molecular weight is 492 g/mol. The lowest BCUT2D eigenvalue weighted by atomic mass is 9.83. The summed E-state index contributed by atoms with van der Waals surface area (Å²) in [5.41, 5.74) is 6.36. The van der Waals surface area contributed by atoms with Crippen LogP contribution >= 0.6 is 11.3 Å². The summed E-state index contributed by atoms with van der Waals surface area (Å²) in [6, 6.07) is 13.3. The summed E-state index contributed by atoms with van der Waals surface area (Å²) in [5, 5.41) is 10.8. The number of thiophene rings is 1. The third kappa shape index (κ3) is 3.65. The van der Waals surface area contributed by atoms with Gasteiger partial charge in [-0.1, -0.05) is 12.1 Å². The van der Waals surface area contributed by atoms with E-state index in [4.69, 9.17) is 16.0 Å². The fourth-order valence-electron chi connectivity index (χ4n) is 4.62. The van der Waals surface area contributed by atoms with Crippen molar-refractivity contribution in [2.45, 2.75) is 5.54 Å². The molecule has 2 N–H and O–H groups in total. The second kappa shape index (κ2) is 8.29. The Morgan fingerprint density at radius 3 is 2.74 bits per heavy atom. The van der Waals surface area contributed by atoms with E-state index in [1.807, 2.05) is 11.4 Å². The molecular formula is C25H19F2N5O2S. The highest BCUT2D eigenvalue weighted by Crippen LogP contribution is 2.47. The zero-order chi connectivity index (χ0) is 24.9. The first-order valence-corrected chi connectivity index (χ1v) is 11.6. The van der Waals surface area contributed by atoms with Gasteiger partial charge in [0.15, 0.2) is 5.96 Å². The number of carbonyl (C=O) groups excluding carboxylic acids is 2. The maximum Gasteiger partial charge on any atom is 0.254 e. The number of likely N-dealkylation sites (tertiary alicyclic amines) is 1. The largest absolute Gasteiger partial charge is 0.369 e. The third-order valence-corrected chi connectivity index (χ3v) is 7.60. The van der Waals surface area contributed by atoms with Crippen molar-refractivity contribution in [3.8, 4) is 17.2 Å². The predicted molar refractivity (Wildman–Crippen MR) is 126 cm³/mol. The van der Waals surface area contributed by atoms with E-state index in [0.717, 1.165) is 6.07 Å². The molecule has 7 nitrogen and oxygen atoms in total. The van der Waals surface area contributed by atoms with Gasteiger partial charge in [-0.25, -0.2) is 13.8 Å². The summed E-state index contributed by atoms with van der Waals surface area (Å²) < 4.78 is 28.0. The van der Waals surface area contributed by atoms with Crippen LogP contribution in [0.25, 0.3) is 11.1 Å². The molecule has 1 fully saturated rings. The molecule has 2 atom stereocenters. The van der Waals surface area contributed by atoms with Crippen molar-refractivity contribution in [1.29, 1.82) is 5.26 Å². The van der Waals surface area contributed by atoms with Crippen LogP contribution in [0.15, 0.2) is 58.9 Å². The highest BCUT2D eigenvalue weighted by Gasteiger charge is 2.57. The maximum atomic E-state index is 14.2. The first-order valence-electron chi connectivity index (χ1n) is 10.7. The molecule has 0 aliphatic carbocycles. The van der Waals surface area contributed by atoms with E-state index < -0.39 is 29.0 Å². The van der Waals surface area contributed by atoms with Gasteiger partial charge in [0.2, 0.25) is 5.91 Å². The molecule has 3 aromatic rings. The van der Waals surface area contributed by atoms with Crippen LogP contribution in [0.4, 0.5) is 8.78 Å². The number of guanidine groups is 1. The average Bonchev–Trinajstić information content (AvgIpc) is 3.49. The molecule has 1 unspecified atom stereocenters. The monoisotopic (exact) mass is 491 g/mol. The van der Waals surface area contributed by atoms with Gasteiger partial charge in [-0.2, -0.15) is 5.26 Å². The first kappa shape index (κ1) is 22.7. The lowest BCUT2D eigenvalue weighted by molar-refractivity contribution is -0.132. The van der Waals surface area contributed by atoms with Crippen LogP contribution in [-0.4, -0.2) is 47.7 Å². The molecular weight excluding hydrogens is 472 g/mol. The summed E-state index contributed by atoms with van der Waals surface area (Å²) in [4.78, 5) is 34.6. The van der Waals surface area contributed by atoms with Gasteiger partial charge in [-0.05, 0) is 52.9 Å². The fraction of sp³-hybridized carbons (Fsp3) is 0.200. The quantitative estimate of drug-likeness (QED) is 0.607. The Balaban J connectivity index is 1.56. The number of amides is 2. The first-order chi connectivity index (χ1) is 16.7. The standard InChI is InChI=1S/C25H19F2N5O2S/c1-31-23(34)19-11-32(22(33)15-3-2-4-18(26)7-15)13-25(19,30-24(31)29)21-9-17(12-35-21)14-5-6-16(10-28)20(27)8-14/h2-9,12,19H,11,13H2,1H3,(H2,29,30)/t19?,25-/m0/s1. The van der Waals surface area contributed by atoms with Crippen molar-refractivity contribution in [3.63, 3.8) is 0 Å². The van der Waals surface area contributed by atoms with Crippen LogP contribution in [-0.2, 0) is 10.3 Å². The molecule has 35 heavy (non-hydrogen) atoms. The Morgan fingerprint density at radius 2 is 2.03 bits per heavy atom. The van der Waals surface area contributed by atoms with Crippen LogP contribution in [0.2, 0.25) is 0 Å². The van der Waals surface area contributed by atoms with Gasteiger partial charge in [-0.15, -0.1) is 11.3 Å². The number of nitrogens with zero attached hydrogens (tertiary/aromatic N) is 4. The van der Waals surface area contributed by atoms with Crippen LogP contribution in [0, 0.1) is 28.9 Å². The van der Waals surface area contributed by atoms with Crippen molar-refractivity contribution in [1.82, 2.24) is 9.80 Å². The molecule has 2 aliphatic heterocycles. The van der Waals surface area contributed by atoms with Crippen LogP contribution in [0.5, 0.6) is 0 Å². The normalized spacial score (nSPS) is 21.5. The molecule has 5 rings (SSSR count). The zero-order valence-electron chi connectivity index (χ0n) is 18.5. The number of hydrogen-bond donors (Lipinski definition) is 1. The molecule has 2 aromatic carbocycles. The minimum atomic E-state index is -1.12. The van der Waals surface area contributed by atoms with E-state index in [0.29, 0.717) is 16.0 Å². The molecule has 0 bridgehead atoms. The molecule has 3 heterocycles. The molecule has 176 valence electrons. The third-order valence-electron chi connectivity index (χ3n) is 6.51. The Kier molecular flexibility index (Phi) is 5.37. The van der Waals surface area contributed by atoms with E-state index in [2.05, 4.69) is 0 Å². The molecule has 2 aliphatic rings. The topological polar surface area (TPSA) is 103 Å². The van der Waals surface area contributed by atoms with Gasteiger partial charge in [-0.3, -0.25) is 14.5 Å². The minimum absolute atomic E-state index is 0.0330. The van der Waals surface area contributed by atoms with Crippen molar-refractivity contribution in [2.75, 3.05) is 20.1 Å². The van der Waals surface area contributed by atoms with E-state index in [9.17, 15) is 18.4 Å². The van der Waals surface area contributed by atoms with Crippen molar-refractivity contribution in [3.05, 3.63) is 81.5 Å². The molecule has 0 saturated carbocycles. The van der Waals surface area contributed by atoms with Crippen molar-refractivity contribution >= 4 is 29.1 Å². The van der Waals surface area contributed by atoms with Crippen molar-refractivity contribution in [2.24, 2.45) is 16.6 Å². The number of benzene rings is 2. The van der Waals surface area contributed by atoms with Gasteiger partial charge in [0.1, 0.15) is 23.2 Å². The van der Waals surface area contributed by atoms with Gasteiger partial charge in [0.25, 0.3) is 5.91 Å². The van der Waals surface area contributed by atoms with Crippen molar-refractivity contribution < 1.29 is 18.4 Å². The molecule has 0 spiro atoms. The maximum absolute atomic E-state index is 14.2. The van der Waals surface area contributed by atoms with Crippen LogP contribution < -0.4 is 5.73 Å². The van der Waals surface area contributed by atoms with E-state index >= 15 is 0 Å². The number of rotatable bonds is 3. The summed E-state index contributed by atoms with van der Waals surface area (Å²) in [6.07, 6.45) is 0. The Morgan fingerprint density at radius 1 is 1.23 bits per heavy atom. The highest BCUT2D eigenvalue weighted by atomic mass is 32.1. The predicted octanol–water partition coefficient (Wildman–Crippen LogP) is 3.32. The number of aliphatic imine (C=N–C) groups is 1. The van der Waals surface area contributed by atoms with Gasteiger partial charge in [0, 0.05) is 24.0 Å². The second-order valence-corrected chi connectivity index (χ2v) is 9.46. The van der Waals surface area contributed by atoms with E-state index in [1.165, 1.54) is 58.5 Å². The van der Waals surface area contributed by atoms with Crippen LogP contribution in [0.1, 0.15) is 20.8 Å². The van der Waals surface area contributed by atoms with E-state index in [-0.39, 0.29) is 36.1 Å². The molecule has 2 amide bonds. The molecule has 1 aromatic heterocycles.